The van der Waals surface area contributed by atoms with Crippen molar-refractivity contribution in [2.24, 2.45) is 0 Å². The van der Waals surface area contributed by atoms with E-state index in [0.717, 1.165) is 0 Å². The number of likely N-dealkylation sites (N-methyl/N-ethyl adjacent to an activating group) is 1. The average molecular weight is 293 g/mol. The number of morpholine rings is 1. The Morgan fingerprint density at radius 2 is 2.33 bits per heavy atom. The molecule has 0 radical (unpaired) electrons. The first-order chi connectivity index (χ1) is 10.1. The van der Waals surface area contributed by atoms with Crippen LogP contribution in [-0.2, 0) is 14.3 Å². The first kappa shape index (κ1) is 15.1. The third-order valence-corrected chi connectivity index (χ3v) is 3.22. The maximum Gasteiger partial charge on any atom is 0.261 e. The number of benzene rings is 1. The molecule has 1 fully saturated rings. The number of hydrogen-bond acceptors (Lipinski definition) is 5. The Morgan fingerprint density at radius 3 is 3.05 bits per heavy atom. The zero-order valence-corrected chi connectivity index (χ0v) is 11.9. The lowest BCUT2D eigenvalue weighted by Crippen LogP contribution is -2.56. The fourth-order valence-corrected chi connectivity index (χ4v) is 2.12. The summed E-state index contributed by atoms with van der Waals surface area (Å²) in [5.74, 6) is 0.0226. The van der Waals surface area contributed by atoms with E-state index in [4.69, 9.17) is 15.2 Å². The minimum atomic E-state index is -0.610. The monoisotopic (exact) mass is 293 g/mol. The van der Waals surface area contributed by atoms with Crippen LogP contribution in [0.25, 0.3) is 0 Å². The van der Waals surface area contributed by atoms with Crippen molar-refractivity contribution in [2.45, 2.75) is 6.04 Å². The van der Waals surface area contributed by atoms with E-state index in [1.807, 2.05) is 0 Å². The van der Waals surface area contributed by atoms with Crippen LogP contribution >= 0.6 is 0 Å². The molecule has 1 unspecified atom stereocenters. The fraction of sp³-hybridized carbons (Fsp3) is 0.429. The number of anilines is 1. The summed E-state index contributed by atoms with van der Waals surface area (Å²) >= 11 is 0. The van der Waals surface area contributed by atoms with Crippen LogP contribution in [0.4, 0.5) is 5.69 Å². The Labute approximate surface area is 123 Å². The van der Waals surface area contributed by atoms with E-state index >= 15 is 0 Å². The van der Waals surface area contributed by atoms with Gasteiger partial charge < -0.3 is 25.4 Å². The van der Waals surface area contributed by atoms with E-state index in [-0.39, 0.29) is 25.0 Å². The van der Waals surface area contributed by atoms with Crippen molar-refractivity contribution in [1.82, 2.24) is 10.2 Å². The molecule has 1 heterocycles. The van der Waals surface area contributed by atoms with Crippen LogP contribution in [0.2, 0.25) is 0 Å². The van der Waals surface area contributed by atoms with E-state index in [1.54, 1.807) is 24.3 Å². The molecule has 7 nitrogen and oxygen atoms in total. The number of hydrogen-bond donors (Lipinski definition) is 2. The standard InChI is InChI=1S/C14H19N3O4/c1-16-14(19)12-8-20-6-5-17(12)13(18)9-21-11-4-2-3-10(15)7-11/h2-4,7,12H,5-6,8-9,15H2,1H3,(H,16,19). The van der Waals surface area contributed by atoms with Crippen LogP contribution in [0.3, 0.4) is 0 Å². The van der Waals surface area contributed by atoms with Crippen LogP contribution in [0.15, 0.2) is 24.3 Å². The zero-order valence-electron chi connectivity index (χ0n) is 11.9. The Kier molecular flexibility index (Phi) is 4.99. The van der Waals surface area contributed by atoms with Crippen LogP contribution in [0.5, 0.6) is 5.75 Å². The number of nitrogens with two attached hydrogens (primary N) is 1. The number of amides is 2. The van der Waals surface area contributed by atoms with E-state index in [2.05, 4.69) is 5.32 Å². The van der Waals surface area contributed by atoms with Crippen LogP contribution in [-0.4, -0.2) is 56.2 Å². The molecule has 21 heavy (non-hydrogen) atoms. The molecule has 1 aliphatic heterocycles. The minimum absolute atomic E-state index is 0.142. The highest BCUT2D eigenvalue weighted by molar-refractivity contribution is 5.88. The second-order valence-corrected chi connectivity index (χ2v) is 4.65. The van der Waals surface area contributed by atoms with E-state index < -0.39 is 6.04 Å². The van der Waals surface area contributed by atoms with Crippen LogP contribution in [0.1, 0.15) is 0 Å². The summed E-state index contributed by atoms with van der Waals surface area (Å²) in [4.78, 5) is 25.5. The highest BCUT2D eigenvalue weighted by Gasteiger charge is 2.32. The van der Waals surface area contributed by atoms with Crippen LogP contribution < -0.4 is 15.8 Å². The number of ether oxygens (including phenoxy) is 2. The number of nitrogen functional groups attached to an aromatic ring is 1. The molecule has 1 aliphatic rings. The molecule has 114 valence electrons. The predicted molar refractivity (Wildman–Crippen MR) is 76.7 cm³/mol. The first-order valence-electron chi connectivity index (χ1n) is 6.69. The van der Waals surface area contributed by atoms with Gasteiger partial charge in [0.2, 0.25) is 5.91 Å². The summed E-state index contributed by atoms with van der Waals surface area (Å²) in [6.45, 7) is 0.843. The molecule has 0 saturated carbocycles. The van der Waals surface area contributed by atoms with Crippen LogP contribution in [0, 0.1) is 0 Å². The highest BCUT2D eigenvalue weighted by atomic mass is 16.5. The molecule has 3 N–H and O–H groups in total. The summed E-state index contributed by atoms with van der Waals surface area (Å²) in [6.07, 6.45) is 0. The lowest BCUT2D eigenvalue weighted by atomic mass is 10.2. The van der Waals surface area contributed by atoms with Crippen molar-refractivity contribution < 1.29 is 19.1 Å². The van der Waals surface area contributed by atoms with Crippen molar-refractivity contribution >= 4 is 17.5 Å². The second kappa shape index (κ2) is 6.94. The van der Waals surface area contributed by atoms with Gasteiger partial charge in [0.15, 0.2) is 6.61 Å². The first-order valence-corrected chi connectivity index (χ1v) is 6.69. The molecule has 0 aliphatic carbocycles. The smallest absolute Gasteiger partial charge is 0.261 e. The highest BCUT2D eigenvalue weighted by Crippen LogP contribution is 2.15. The quantitative estimate of drug-likeness (QED) is 0.738. The third-order valence-electron chi connectivity index (χ3n) is 3.22. The van der Waals surface area contributed by atoms with Gasteiger partial charge >= 0.3 is 0 Å². The third kappa shape index (κ3) is 3.85. The Bertz CT molecular complexity index is 521. The second-order valence-electron chi connectivity index (χ2n) is 4.65. The van der Waals surface area contributed by atoms with Gasteiger partial charge in [0.25, 0.3) is 5.91 Å². The van der Waals surface area contributed by atoms with Crippen molar-refractivity contribution in [3.8, 4) is 5.75 Å². The van der Waals surface area contributed by atoms with Crippen molar-refractivity contribution in [3.05, 3.63) is 24.3 Å². The summed E-state index contributed by atoms with van der Waals surface area (Å²) in [7, 11) is 1.53. The number of carbonyl (C=O) groups excluding carboxylic acids is 2. The van der Waals surface area contributed by atoms with Gasteiger partial charge in [-0.3, -0.25) is 9.59 Å². The van der Waals surface area contributed by atoms with Gasteiger partial charge in [0, 0.05) is 25.3 Å². The molecule has 0 spiro atoms. The Hall–Kier alpha value is -2.28. The molecule has 0 aromatic heterocycles. The lowest BCUT2D eigenvalue weighted by molar-refractivity contribution is -0.149. The van der Waals surface area contributed by atoms with Crippen molar-refractivity contribution in [2.75, 3.05) is 39.1 Å². The molecule has 2 rings (SSSR count). The lowest BCUT2D eigenvalue weighted by Gasteiger charge is -2.34. The average Bonchev–Trinajstić information content (AvgIpc) is 2.52. The molecule has 7 heteroatoms. The largest absolute Gasteiger partial charge is 0.484 e. The molecular formula is C14H19N3O4. The van der Waals surface area contributed by atoms with Gasteiger partial charge in [0.1, 0.15) is 11.8 Å². The molecule has 1 aromatic rings. The Morgan fingerprint density at radius 1 is 1.52 bits per heavy atom. The van der Waals surface area contributed by atoms with Gasteiger partial charge in [-0.15, -0.1) is 0 Å². The topological polar surface area (TPSA) is 93.9 Å². The SMILES string of the molecule is CNC(=O)C1COCCN1C(=O)COc1cccc(N)c1. The zero-order chi connectivity index (χ0) is 15.2. The molecule has 1 aromatic carbocycles. The van der Waals surface area contributed by atoms with E-state index in [1.165, 1.54) is 11.9 Å². The summed E-state index contributed by atoms with van der Waals surface area (Å²) in [5, 5.41) is 2.53. The van der Waals surface area contributed by atoms with Gasteiger partial charge in [-0.2, -0.15) is 0 Å². The fourth-order valence-electron chi connectivity index (χ4n) is 2.12. The maximum atomic E-state index is 12.2. The maximum absolute atomic E-state index is 12.2. The van der Waals surface area contributed by atoms with Gasteiger partial charge in [0.05, 0.1) is 13.2 Å². The summed E-state index contributed by atoms with van der Waals surface area (Å²) < 4.78 is 10.7. The van der Waals surface area contributed by atoms with E-state index in [9.17, 15) is 9.59 Å². The molecule has 0 bridgehead atoms. The number of nitrogens with zero attached hydrogens (tertiary/aromatic N) is 1. The van der Waals surface area contributed by atoms with Crippen molar-refractivity contribution in [3.63, 3.8) is 0 Å². The normalized spacial score (nSPS) is 18.1. The molecular weight excluding hydrogens is 274 g/mol. The molecule has 2 amide bonds. The summed E-state index contributed by atoms with van der Waals surface area (Å²) in [5.41, 5.74) is 6.21. The molecule has 1 atom stereocenters. The van der Waals surface area contributed by atoms with Gasteiger partial charge in [-0.05, 0) is 12.1 Å². The number of nitrogens with one attached hydrogen (secondary N) is 1. The Balaban J connectivity index is 1.96. The van der Waals surface area contributed by atoms with Gasteiger partial charge in [-0.25, -0.2) is 0 Å². The minimum Gasteiger partial charge on any atom is -0.484 e. The summed E-state index contributed by atoms with van der Waals surface area (Å²) in [6, 6.07) is 6.23. The van der Waals surface area contributed by atoms with Gasteiger partial charge in [-0.1, -0.05) is 6.07 Å². The van der Waals surface area contributed by atoms with Crippen molar-refractivity contribution in [1.29, 1.82) is 0 Å². The number of rotatable bonds is 4. The van der Waals surface area contributed by atoms with E-state index in [0.29, 0.717) is 24.6 Å². The molecule has 1 saturated heterocycles. The number of carbonyl (C=O) groups is 2. The predicted octanol–water partition coefficient (Wildman–Crippen LogP) is -0.379.